The summed E-state index contributed by atoms with van der Waals surface area (Å²) in [5.41, 5.74) is -0.804. The van der Waals surface area contributed by atoms with E-state index in [-0.39, 0.29) is 0 Å². The lowest BCUT2D eigenvalue weighted by Gasteiger charge is -2.44. The van der Waals surface area contributed by atoms with E-state index in [2.05, 4.69) is 20.8 Å². The van der Waals surface area contributed by atoms with Gasteiger partial charge in [-0.25, -0.2) is 4.39 Å². The fraction of sp³-hybridized carbons (Fsp3) is 1.00. The Morgan fingerprint density at radius 2 is 1.50 bits per heavy atom. The van der Waals surface area contributed by atoms with Crippen LogP contribution in [0, 0.1) is 17.8 Å². The van der Waals surface area contributed by atoms with Crippen LogP contribution in [0.2, 0.25) is 0 Å². The lowest BCUT2D eigenvalue weighted by molar-refractivity contribution is -0.0168. The Morgan fingerprint density at radius 1 is 1.07 bits per heavy atom. The lowest BCUT2D eigenvalue weighted by atomic mass is 9.64. The van der Waals surface area contributed by atoms with Gasteiger partial charge in [0.2, 0.25) is 0 Å². The van der Waals surface area contributed by atoms with Crippen LogP contribution in [-0.4, -0.2) is 5.67 Å². The zero-order chi connectivity index (χ0) is 10.8. The highest BCUT2D eigenvalue weighted by molar-refractivity contribution is 4.94. The second kappa shape index (κ2) is 4.63. The average Bonchev–Trinajstić information content (AvgIpc) is 2.02. The molecule has 1 atom stereocenters. The Hall–Kier alpha value is -0.0700. The Morgan fingerprint density at radius 3 is 1.64 bits per heavy atom. The van der Waals surface area contributed by atoms with Crippen LogP contribution in [0.3, 0.4) is 0 Å². The SMILES string of the molecule is CC(C)C.CC1(F)CC2CCC1CC2. The van der Waals surface area contributed by atoms with Gasteiger partial charge < -0.3 is 0 Å². The van der Waals surface area contributed by atoms with Crippen molar-refractivity contribution in [2.75, 3.05) is 0 Å². The van der Waals surface area contributed by atoms with E-state index in [0.29, 0.717) is 5.92 Å². The summed E-state index contributed by atoms with van der Waals surface area (Å²) in [5, 5.41) is 0. The molecule has 3 rings (SSSR count). The van der Waals surface area contributed by atoms with E-state index in [1.54, 1.807) is 6.92 Å². The van der Waals surface area contributed by atoms with Gasteiger partial charge in [0.1, 0.15) is 5.67 Å². The van der Waals surface area contributed by atoms with Gasteiger partial charge in [-0.1, -0.05) is 20.8 Å². The molecule has 84 valence electrons. The molecule has 0 aromatic rings. The summed E-state index contributed by atoms with van der Waals surface area (Å²) < 4.78 is 13.6. The molecule has 3 fully saturated rings. The Kier molecular flexibility index (Phi) is 3.97. The molecule has 0 nitrogen and oxygen atoms in total. The Balaban J connectivity index is 0.000000213. The van der Waals surface area contributed by atoms with Crippen LogP contribution in [0.4, 0.5) is 4.39 Å². The summed E-state index contributed by atoms with van der Waals surface area (Å²) in [7, 11) is 0. The van der Waals surface area contributed by atoms with Gasteiger partial charge >= 0.3 is 0 Å². The summed E-state index contributed by atoms with van der Waals surface area (Å²) >= 11 is 0. The predicted octanol–water partition coefficient (Wildman–Crippen LogP) is 4.59. The van der Waals surface area contributed by atoms with Crippen LogP contribution in [0.25, 0.3) is 0 Å². The molecule has 0 N–H and O–H groups in total. The van der Waals surface area contributed by atoms with Crippen LogP contribution in [0.5, 0.6) is 0 Å². The topological polar surface area (TPSA) is 0 Å². The minimum Gasteiger partial charge on any atom is -0.244 e. The molecule has 0 amide bonds. The number of hydrogen-bond donors (Lipinski definition) is 0. The zero-order valence-corrected chi connectivity index (χ0v) is 10.1. The second-order valence-electron chi connectivity index (χ2n) is 5.93. The molecular weight excluding hydrogens is 175 g/mol. The lowest BCUT2D eigenvalue weighted by Crippen LogP contribution is -2.41. The van der Waals surface area contributed by atoms with Crippen molar-refractivity contribution >= 4 is 0 Å². The van der Waals surface area contributed by atoms with E-state index < -0.39 is 5.67 Å². The van der Waals surface area contributed by atoms with Crippen molar-refractivity contribution < 1.29 is 4.39 Å². The molecular formula is C13H25F. The largest absolute Gasteiger partial charge is 0.244 e. The van der Waals surface area contributed by atoms with Crippen LogP contribution < -0.4 is 0 Å². The van der Waals surface area contributed by atoms with Gasteiger partial charge in [0.05, 0.1) is 0 Å². The standard InChI is InChI=1S/C9H15F.C4H10/c1-9(10)6-7-2-4-8(9)5-3-7;1-4(2)3/h7-8H,2-6H2,1H3;4H,1-3H3. The van der Waals surface area contributed by atoms with Gasteiger partial charge in [0, 0.05) is 0 Å². The van der Waals surface area contributed by atoms with Gasteiger partial charge in [0.15, 0.2) is 0 Å². The summed E-state index contributed by atoms with van der Waals surface area (Å²) in [6.45, 7) is 8.29. The minimum absolute atomic E-state index is 0.400. The van der Waals surface area contributed by atoms with Gasteiger partial charge in [-0.3, -0.25) is 0 Å². The predicted molar refractivity (Wildman–Crippen MR) is 60.1 cm³/mol. The monoisotopic (exact) mass is 200 g/mol. The maximum Gasteiger partial charge on any atom is 0.111 e. The van der Waals surface area contributed by atoms with Crippen LogP contribution >= 0.6 is 0 Å². The van der Waals surface area contributed by atoms with E-state index in [4.69, 9.17) is 0 Å². The Bertz CT molecular complexity index is 161. The number of halogens is 1. The molecule has 0 heterocycles. The van der Waals surface area contributed by atoms with Crippen LogP contribution in [0.1, 0.15) is 59.8 Å². The maximum atomic E-state index is 13.6. The fourth-order valence-electron chi connectivity index (χ4n) is 2.70. The normalized spacial score (nSPS) is 40.7. The molecule has 0 spiro atoms. The smallest absolute Gasteiger partial charge is 0.111 e. The van der Waals surface area contributed by atoms with Crippen molar-refractivity contribution in [2.45, 2.75) is 65.5 Å². The third-order valence-corrected chi connectivity index (χ3v) is 3.39. The quantitative estimate of drug-likeness (QED) is 0.536. The van der Waals surface area contributed by atoms with Crippen molar-refractivity contribution in [3.63, 3.8) is 0 Å². The number of fused-ring (bicyclic) bond motifs is 3. The van der Waals surface area contributed by atoms with Crippen LogP contribution in [0.15, 0.2) is 0 Å². The third kappa shape index (κ3) is 3.25. The van der Waals surface area contributed by atoms with E-state index in [1.807, 2.05) is 0 Å². The molecule has 0 radical (unpaired) electrons. The molecule has 0 aliphatic heterocycles. The number of rotatable bonds is 0. The third-order valence-electron chi connectivity index (χ3n) is 3.39. The van der Waals surface area contributed by atoms with Gasteiger partial charge in [0.25, 0.3) is 0 Å². The summed E-state index contributed by atoms with van der Waals surface area (Å²) in [6.07, 6.45) is 5.74. The summed E-state index contributed by atoms with van der Waals surface area (Å²) in [6, 6.07) is 0. The number of hydrogen-bond acceptors (Lipinski definition) is 0. The maximum absolute atomic E-state index is 13.6. The van der Waals surface area contributed by atoms with E-state index in [1.165, 1.54) is 12.8 Å². The highest BCUT2D eigenvalue weighted by Gasteiger charge is 2.44. The zero-order valence-electron chi connectivity index (χ0n) is 10.1. The van der Waals surface area contributed by atoms with Crippen molar-refractivity contribution in [3.8, 4) is 0 Å². The van der Waals surface area contributed by atoms with E-state index in [9.17, 15) is 4.39 Å². The molecule has 14 heavy (non-hydrogen) atoms. The van der Waals surface area contributed by atoms with E-state index >= 15 is 0 Å². The van der Waals surface area contributed by atoms with Gasteiger partial charge in [-0.05, 0) is 56.8 Å². The molecule has 3 saturated carbocycles. The molecule has 1 heteroatoms. The number of alkyl halides is 1. The van der Waals surface area contributed by atoms with Crippen LogP contribution in [-0.2, 0) is 0 Å². The minimum atomic E-state index is -0.804. The average molecular weight is 200 g/mol. The van der Waals surface area contributed by atoms with Crippen molar-refractivity contribution in [1.82, 2.24) is 0 Å². The van der Waals surface area contributed by atoms with E-state index in [0.717, 1.165) is 31.1 Å². The molecule has 0 aromatic carbocycles. The highest BCUT2D eigenvalue weighted by atomic mass is 19.1. The second-order valence-corrected chi connectivity index (χ2v) is 5.93. The molecule has 0 aromatic heterocycles. The molecule has 0 saturated heterocycles. The fourth-order valence-corrected chi connectivity index (χ4v) is 2.70. The van der Waals surface area contributed by atoms with Gasteiger partial charge in [-0.2, -0.15) is 0 Å². The highest BCUT2D eigenvalue weighted by Crippen LogP contribution is 2.48. The first kappa shape index (κ1) is 12.0. The first-order valence-electron chi connectivity index (χ1n) is 6.10. The van der Waals surface area contributed by atoms with Gasteiger partial charge in [-0.15, -0.1) is 0 Å². The first-order chi connectivity index (χ1) is 6.42. The summed E-state index contributed by atoms with van der Waals surface area (Å²) in [4.78, 5) is 0. The molecule has 2 bridgehead atoms. The van der Waals surface area contributed by atoms with Crippen molar-refractivity contribution in [2.24, 2.45) is 17.8 Å². The Labute approximate surface area is 88.3 Å². The van der Waals surface area contributed by atoms with Crippen molar-refractivity contribution in [1.29, 1.82) is 0 Å². The summed E-state index contributed by atoms with van der Waals surface area (Å²) in [5.74, 6) is 1.96. The molecule has 3 aliphatic carbocycles. The first-order valence-corrected chi connectivity index (χ1v) is 6.10. The molecule has 3 aliphatic rings. The van der Waals surface area contributed by atoms with Crippen molar-refractivity contribution in [3.05, 3.63) is 0 Å². The molecule has 1 unspecified atom stereocenters.